The van der Waals surface area contributed by atoms with E-state index in [0.29, 0.717) is 21.5 Å². The molecule has 0 saturated carbocycles. The third-order valence-electron chi connectivity index (χ3n) is 3.29. The van der Waals surface area contributed by atoms with Gasteiger partial charge >= 0.3 is 0 Å². The molecule has 3 aromatic rings. The van der Waals surface area contributed by atoms with Gasteiger partial charge in [0.15, 0.2) is 5.76 Å². The van der Waals surface area contributed by atoms with Gasteiger partial charge in [-0.2, -0.15) is 0 Å². The number of nitrogens with zero attached hydrogens (tertiary/aromatic N) is 1. The number of carbonyl (C=O) groups is 1. The molecule has 0 bridgehead atoms. The van der Waals surface area contributed by atoms with Crippen LogP contribution in [0.4, 0.5) is 5.69 Å². The summed E-state index contributed by atoms with van der Waals surface area (Å²) in [6.07, 6.45) is 1.65. The van der Waals surface area contributed by atoms with Crippen LogP contribution in [0.5, 0.6) is 0 Å². The largest absolute Gasteiger partial charge is 0.454 e. The molecule has 0 aliphatic heterocycles. The van der Waals surface area contributed by atoms with Gasteiger partial charge < -0.3 is 14.3 Å². The van der Waals surface area contributed by atoms with Crippen LogP contribution < -0.4 is 10.9 Å². The molecule has 5 nitrogen and oxygen atoms in total. The normalized spacial score (nSPS) is 10.6. The maximum Gasteiger partial charge on any atom is 0.291 e. The molecule has 0 fully saturated rings. The van der Waals surface area contributed by atoms with Crippen molar-refractivity contribution in [3.63, 3.8) is 0 Å². The predicted octanol–water partition coefficient (Wildman–Crippen LogP) is 4.05. The predicted molar refractivity (Wildman–Crippen MR) is 92.9 cm³/mol. The van der Waals surface area contributed by atoms with Gasteiger partial charge in [-0.1, -0.05) is 29.3 Å². The van der Waals surface area contributed by atoms with Crippen molar-refractivity contribution < 1.29 is 9.21 Å². The van der Waals surface area contributed by atoms with E-state index < -0.39 is 5.91 Å². The Hall–Kier alpha value is -2.50. The summed E-state index contributed by atoms with van der Waals surface area (Å²) in [5.41, 5.74) is 0.363. The van der Waals surface area contributed by atoms with Crippen LogP contribution in [0.1, 0.15) is 16.3 Å². The summed E-state index contributed by atoms with van der Waals surface area (Å²) in [6.45, 7) is 0.250. The van der Waals surface area contributed by atoms with Gasteiger partial charge in [-0.05, 0) is 36.4 Å². The Morgan fingerprint density at radius 1 is 1.08 bits per heavy atom. The number of furan rings is 1. The van der Waals surface area contributed by atoms with E-state index >= 15 is 0 Å². The third-order valence-corrected chi connectivity index (χ3v) is 4.03. The number of carbonyl (C=O) groups excluding carboxylic acids is 1. The van der Waals surface area contributed by atoms with Crippen molar-refractivity contribution in [3.05, 3.63) is 86.6 Å². The summed E-state index contributed by atoms with van der Waals surface area (Å²) in [6, 6.07) is 12.9. The third kappa shape index (κ3) is 3.69. The standard InChI is InChI=1S/C17H12Cl2N2O3/c18-13-6-4-11(9-14(13)19)20-17(23)15-7-5-12(24-15)10-21-8-2-1-3-16(21)22/h1-9H,10H2,(H,20,23). The van der Waals surface area contributed by atoms with Crippen molar-refractivity contribution in [1.82, 2.24) is 4.57 Å². The summed E-state index contributed by atoms with van der Waals surface area (Å²) in [7, 11) is 0. The molecule has 0 unspecified atom stereocenters. The average Bonchev–Trinajstić information content (AvgIpc) is 3.02. The molecule has 0 aliphatic carbocycles. The second-order valence-corrected chi connectivity index (χ2v) is 5.83. The van der Waals surface area contributed by atoms with Gasteiger partial charge in [-0.3, -0.25) is 9.59 Å². The van der Waals surface area contributed by atoms with Gasteiger partial charge in [0, 0.05) is 18.0 Å². The molecule has 2 aromatic heterocycles. The maximum atomic E-state index is 12.2. The van der Waals surface area contributed by atoms with Crippen molar-refractivity contribution in [1.29, 1.82) is 0 Å². The molecule has 1 aromatic carbocycles. The van der Waals surface area contributed by atoms with Crippen molar-refractivity contribution >= 4 is 34.8 Å². The molecular weight excluding hydrogens is 351 g/mol. The second kappa shape index (κ2) is 6.95. The summed E-state index contributed by atoms with van der Waals surface area (Å²) in [5.74, 6) is 0.225. The van der Waals surface area contributed by atoms with Crippen molar-refractivity contribution in [3.8, 4) is 0 Å². The van der Waals surface area contributed by atoms with Gasteiger partial charge in [0.05, 0.1) is 16.6 Å². The van der Waals surface area contributed by atoms with E-state index in [1.54, 1.807) is 48.7 Å². The topological polar surface area (TPSA) is 64.2 Å². The van der Waals surface area contributed by atoms with Crippen LogP contribution in [-0.4, -0.2) is 10.5 Å². The van der Waals surface area contributed by atoms with E-state index in [1.807, 2.05) is 0 Å². The SMILES string of the molecule is O=C(Nc1ccc(Cl)c(Cl)c1)c1ccc(Cn2ccccc2=O)o1. The first kappa shape index (κ1) is 16.4. The molecule has 0 radical (unpaired) electrons. The van der Waals surface area contributed by atoms with Gasteiger partial charge in [-0.25, -0.2) is 0 Å². The number of aromatic nitrogens is 1. The van der Waals surface area contributed by atoms with E-state index in [9.17, 15) is 9.59 Å². The molecule has 0 atom stereocenters. The minimum absolute atomic E-state index is 0.139. The molecule has 2 heterocycles. The Morgan fingerprint density at radius 2 is 1.92 bits per heavy atom. The van der Waals surface area contributed by atoms with Crippen LogP contribution in [0.3, 0.4) is 0 Å². The van der Waals surface area contributed by atoms with Crippen molar-refractivity contribution in [2.75, 3.05) is 5.32 Å². The Kier molecular flexibility index (Phi) is 4.74. The lowest BCUT2D eigenvalue weighted by Gasteiger charge is -2.05. The number of halogens is 2. The molecular formula is C17H12Cl2N2O3. The van der Waals surface area contributed by atoms with Crippen molar-refractivity contribution in [2.24, 2.45) is 0 Å². The molecule has 1 amide bonds. The molecule has 0 aliphatic rings. The molecule has 0 spiro atoms. The fourth-order valence-corrected chi connectivity index (χ4v) is 2.41. The van der Waals surface area contributed by atoms with Crippen LogP contribution in [0.15, 0.2) is 63.9 Å². The second-order valence-electron chi connectivity index (χ2n) is 5.02. The highest BCUT2D eigenvalue weighted by Crippen LogP contribution is 2.25. The highest BCUT2D eigenvalue weighted by molar-refractivity contribution is 6.42. The zero-order chi connectivity index (χ0) is 17.1. The molecule has 1 N–H and O–H groups in total. The van der Waals surface area contributed by atoms with Crippen LogP contribution in [0, 0.1) is 0 Å². The Balaban J connectivity index is 1.73. The monoisotopic (exact) mass is 362 g/mol. The minimum atomic E-state index is -0.417. The van der Waals surface area contributed by atoms with Crippen LogP contribution in [-0.2, 0) is 6.54 Å². The number of hydrogen-bond donors (Lipinski definition) is 1. The first-order valence-corrected chi connectivity index (χ1v) is 7.79. The van der Waals surface area contributed by atoms with Gasteiger partial charge in [0.2, 0.25) is 0 Å². The highest BCUT2D eigenvalue weighted by Gasteiger charge is 2.12. The maximum absolute atomic E-state index is 12.2. The van der Waals surface area contributed by atoms with E-state index in [1.165, 1.54) is 10.6 Å². The number of anilines is 1. The van der Waals surface area contributed by atoms with E-state index in [0.717, 1.165) is 0 Å². The molecule has 7 heteroatoms. The van der Waals surface area contributed by atoms with E-state index in [2.05, 4.69) is 5.32 Å². The van der Waals surface area contributed by atoms with Gasteiger partial charge in [-0.15, -0.1) is 0 Å². The number of benzene rings is 1. The molecule has 3 rings (SSSR count). The van der Waals surface area contributed by atoms with E-state index in [-0.39, 0.29) is 17.9 Å². The van der Waals surface area contributed by atoms with Gasteiger partial charge in [0.25, 0.3) is 11.5 Å². The summed E-state index contributed by atoms with van der Waals surface area (Å²) in [5, 5.41) is 3.42. The van der Waals surface area contributed by atoms with Gasteiger partial charge in [0.1, 0.15) is 5.76 Å². The fraction of sp³-hybridized carbons (Fsp3) is 0.0588. The number of pyridine rings is 1. The number of nitrogens with one attached hydrogen (secondary N) is 1. The lowest BCUT2D eigenvalue weighted by Crippen LogP contribution is -2.18. The molecule has 24 heavy (non-hydrogen) atoms. The van der Waals surface area contributed by atoms with E-state index in [4.69, 9.17) is 27.6 Å². The lowest BCUT2D eigenvalue weighted by molar-refractivity contribution is 0.0995. The Bertz CT molecular complexity index is 947. The average molecular weight is 363 g/mol. The Labute approximate surface area is 147 Å². The highest BCUT2D eigenvalue weighted by atomic mass is 35.5. The van der Waals surface area contributed by atoms with Crippen molar-refractivity contribution in [2.45, 2.75) is 6.54 Å². The van der Waals surface area contributed by atoms with Crippen LogP contribution >= 0.6 is 23.2 Å². The number of rotatable bonds is 4. The zero-order valence-electron chi connectivity index (χ0n) is 12.3. The summed E-state index contributed by atoms with van der Waals surface area (Å²) >= 11 is 11.7. The molecule has 0 saturated heterocycles. The minimum Gasteiger partial charge on any atom is -0.454 e. The number of hydrogen-bond acceptors (Lipinski definition) is 3. The molecule has 122 valence electrons. The first-order valence-electron chi connectivity index (χ1n) is 7.03. The first-order chi connectivity index (χ1) is 11.5. The smallest absolute Gasteiger partial charge is 0.291 e. The Morgan fingerprint density at radius 3 is 2.67 bits per heavy atom. The quantitative estimate of drug-likeness (QED) is 0.761. The van der Waals surface area contributed by atoms with Crippen LogP contribution in [0.2, 0.25) is 10.0 Å². The fourth-order valence-electron chi connectivity index (χ4n) is 2.11. The lowest BCUT2D eigenvalue weighted by atomic mass is 10.3. The van der Waals surface area contributed by atoms with Crippen LogP contribution in [0.25, 0.3) is 0 Å². The summed E-state index contributed by atoms with van der Waals surface area (Å²) < 4.78 is 6.99. The number of amides is 1. The summed E-state index contributed by atoms with van der Waals surface area (Å²) in [4.78, 5) is 23.9. The zero-order valence-corrected chi connectivity index (χ0v) is 13.8.